The van der Waals surface area contributed by atoms with Gasteiger partial charge in [0.2, 0.25) is 0 Å². The molecule has 0 saturated carbocycles. The Balaban J connectivity index is 4.08. The van der Waals surface area contributed by atoms with E-state index in [1.165, 1.54) is 0 Å². The molecule has 0 rings (SSSR count). The fraction of sp³-hybridized carbons (Fsp3) is 0.625. The minimum atomic E-state index is 0.832. The second kappa shape index (κ2) is 4.09. The Morgan fingerprint density at radius 2 is 2.00 bits per heavy atom. The van der Waals surface area contributed by atoms with Crippen molar-refractivity contribution in [1.82, 2.24) is 4.90 Å². The SMILES string of the molecule is C=C(C(C)=NCC)N(C)C. The van der Waals surface area contributed by atoms with Crippen molar-refractivity contribution in [3.63, 3.8) is 0 Å². The van der Waals surface area contributed by atoms with Crippen LogP contribution < -0.4 is 0 Å². The first-order valence-electron chi connectivity index (χ1n) is 3.47. The molecule has 58 valence electrons. The first kappa shape index (κ1) is 9.21. The van der Waals surface area contributed by atoms with Crippen LogP contribution in [0.5, 0.6) is 0 Å². The summed E-state index contributed by atoms with van der Waals surface area (Å²) in [5.74, 6) is 0. The zero-order valence-corrected chi connectivity index (χ0v) is 7.31. The van der Waals surface area contributed by atoms with Crippen molar-refractivity contribution in [1.29, 1.82) is 0 Å². The van der Waals surface area contributed by atoms with Crippen molar-refractivity contribution < 1.29 is 0 Å². The van der Waals surface area contributed by atoms with Gasteiger partial charge in [-0.25, -0.2) is 0 Å². The fourth-order valence-corrected chi connectivity index (χ4v) is 0.652. The van der Waals surface area contributed by atoms with Crippen LogP contribution in [0.4, 0.5) is 0 Å². The van der Waals surface area contributed by atoms with Crippen molar-refractivity contribution in [3.05, 3.63) is 12.3 Å². The normalized spacial score (nSPS) is 11.4. The standard InChI is InChI=1S/C8H16N2/c1-6-9-7(2)8(3)10(4)5/h3,6H2,1-2,4-5H3. The molecular formula is C8H16N2. The number of hydrogen-bond donors (Lipinski definition) is 0. The molecule has 0 unspecified atom stereocenters. The Hall–Kier alpha value is -0.790. The third kappa shape index (κ3) is 2.67. The lowest BCUT2D eigenvalue weighted by Gasteiger charge is -2.14. The van der Waals surface area contributed by atoms with E-state index in [1.807, 2.05) is 32.8 Å². The molecule has 0 amide bonds. The molecule has 2 nitrogen and oxygen atoms in total. The van der Waals surface area contributed by atoms with Crippen LogP contribution in [-0.2, 0) is 0 Å². The predicted octanol–water partition coefficient (Wildman–Crippen LogP) is 1.54. The average Bonchev–Trinajstić information content (AvgIpc) is 1.87. The molecule has 0 aliphatic carbocycles. The van der Waals surface area contributed by atoms with E-state index in [0.717, 1.165) is 18.0 Å². The molecule has 0 bridgehead atoms. The van der Waals surface area contributed by atoms with Gasteiger partial charge < -0.3 is 4.90 Å². The number of allylic oxidation sites excluding steroid dienone is 1. The van der Waals surface area contributed by atoms with Gasteiger partial charge in [-0.15, -0.1) is 0 Å². The van der Waals surface area contributed by atoms with Gasteiger partial charge in [-0.1, -0.05) is 6.58 Å². The highest BCUT2D eigenvalue weighted by atomic mass is 15.1. The van der Waals surface area contributed by atoms with Crippen LogP contribution in [0.2, 0.25) is 0 Å². The first-order chi connectivity index (χ1) is 4.59. The quantitative estimate of drug-likeness (QED) is 0.543. The van der Waals surface area contributed by atoms with E-state index in [2.05, 4.69) is 11.6 Å². The molecule has 0 aromatic carbocycles. The van der Waals surface area contributed by atoms with Gasteiger partial charge in [0.05, 0.1) is 5.71 Å². The van der Waals surface area contributed by atoms with Gasteiger partial charge in [0, 0.05) is 26.3 Å². The zero-order chi connectivity index (χ0) is 8.15. The lowest BCUT2D eigenvalue weighted by molar-refractivity contribution is 0.540. The Morgan fingerprint density at radius 1 is 1.50 bits per heavy atom. The Morgan fingerprint density at radius 3 is 2.30 bits per heavy atom. The minimum absolute atomic E-state index is 0.832. The van der Waals surface area contributed by atoms with Crippen LogP contribution >= 0.6 is 0 Å². The van der Waals surface area contributed by atoms with Gasteiger partial charge in [0.1, 0.15) is 0 Å². The molecule has 0 fully saturated rings. The fourth-order valence-electron chi connectivity index (χ4n) is 0.652. The van der Waals surface area contributed by atoms with Crippen LogP contribution in [0.15, 0.2) is 17.3 Å². The van der Waals surface area contributed by atoms with Crippen LogP contribution in [0.25, 0.3) is 0 Å². The van der Waals surface area contributed by atoms with E-state index in [0.29, 0.717) is 0 Å². The molecule has 0 radical (unpaired) electrons. The molecule has 0 atom stereocenters. The maximum atomic E-state index is 4.22. The largest absolute Gasteiger partial charge is 0.377 e. The van der Waals surface area contributed by atoms with Crippen LogP contribution in [-0.4, -0.2) is 31.3 Å². The smallest absolute Gasteiger partial charge is 0.0544 e. The van der Waals surface area contributed by atoms with E-state index in [9.17, 15) is 0 Å². The second-order valence-corrected chi connectivity index (χ2v) is 2.40. The second-order valence-electron chi connectivity index (χ2n) is 2.40. The molecule has 0 saturated heterocycles. The molecule has 0 aliphatic heterocycles. The predicted molar refractivity (Wildman–Crippen MR) is 46.5 cm³/mol. The van der Waals surface area contributed by atoms with Crippen LogP contribution in [0.3, 0.4) is 0 Å². The lowest BCUT2D eigenvalue weighted by atomic mass is 10.3. The van der Waals surface area contributed by atoms with Gasteiger partial charge in [0.15, 0.2) is 0 Å². The third-order valence-corrected chi connectivity index (χ3v) is 1.35. The highest BCUT2D eigenvalue weighted by Gasteiger charge is 1.97. The number of hydrogen-bond acceptors (Lipinski definition) is 2. The number of aliphatic imine (C=N–C) groups is 1. The summed E-state index contributed by atoms with van der Waals surface area (Å²) in [7, 11) is 3.94. The summed E-state index contributed by atoms with van der Waals surface area (Å²) in [5.41, 5.74) is 2.01. The summed E-state index contributed by atoms with van der Waals surface area (Å²) in [5, 5.41) is 0. The number of nitrogens with zero attached hydrogens (tertiary/aromatic N) is 2. The molecule has 0 aromatic heterocycles. The van der Waals surface area contributed by atoms with E-state index < -0.39 is 0 Å². The maximum absolute atomic E-state index is 4.22. The van der Waals surface area contributed by atoms with Gasteiger partial charge in [-0.05, 0) is 13.8 Å². The van der Waals surface area contributed by atoms with Gasteiger partial charge in [-0.3, -0.25) is 4.99 Å². The summed E-state index contributed by atoms with van der Waals surface area (Å²) in [4.78, 5) is 6.19. The Labute approximate surface area is 63.3 Å². The zero-order valence-electron chi connectivity index (χ0n) is 7.31. The van der Waals surface area contributed by atoms with Gasteiger partial charge in [0.25, 0.3) is 0 Å². The summed E-state index contributed by atoms with van der Waals surface area (Å²) in [6, 6.07) is 0. The highest BCUT2D eigenvalue weighted by Crippen LogP contribution is 1.97. The average molecular weight is 140 g/mol. The van der Waals surface area contributed by atoms with Crippen molar-refractivity contribution >= 4 is 5.71 Å². The summed E-state index contributed by atoms with van der Waals surface area (Å²) in [6.45, 7) is 8.70. The lowest BCUT2D eigenvalue weighted by Crippen LogP contribution is -2.16. The summed E-state index contributed by atoms with van der Waals surface area (Å²) >= 11 is 0. The number of rotatable bonds is 3. The van der Waals surface area contributed by atoms with Crippen LogP contribution in [0, 0.1) is 0 Å². The Kier molecular flexibility index (Phi) is 3.77. The Bertz CT molecular complexity index is 145. The van der Waals surface area contributed by atoms with Crippen molar-refractivity contribution in [3.8, 4) is 0 Å². The van der Waals surface area contributed by atoms with E-state index in [-0.39, 0.29) is 0 Å². The first-order valence-corrected chi connectivity index (χ1v) is 3.47. The molecule has 0 heterocycles. The summed E-state index contributed by atoms with van der Waals surface area (Å²) < 4.78 is 0. The van der Waals surface area contributed by atoms with Crippen LogP contribution in [0.1, 0.15) is 13.8 Å². The minimum Gasteiger partial charge on any atom is -0.377 e. The molecular weight excluding hydrogens is 124 g/mol. The van der Waals surface area contributed by atoms with Crippen molar-refractivity contribution in [2.24, 2.45) is 4.99 Å². The highest BCUT2D eigenvalue weighted by molar-refractivity contribution is 5.96. The maximum Gasteiger partial charge on any atom is 0.0544 e. The molecule has 0 spiro atoms. The van der Waals surface area contributed by atoms with Crippen molar-refractivity contribution in [2.45, 2.75) is 13.8 Å². The van der Waals surface area contributed by atoms with E-state index in [1.54, 1.807) is 0 Å². The topological polar surface area (TPSA) is 15.6 Å². The van der Waals surface area contributed by atoms with E-state index in [4.69, 9.17) is 0 Å². The summed E-state index contributed by atoms with van der Waals surface area (Å²) in [6.07, 6.45) is 0. The molecule has 2 heteroatoms. The third-order valence-electron chi connectivity index (χ3n) is 1.35. The molecule has 0 N–H and O–H groups in total. The monoisotopic (exact) mass is 140 g/mol. The molecule has 0 aliphatic rings. The van der Waals surface area contributed by atoms with E-state index >= 15 is 0 Å². The van der Waals surface area contributed by atoms with Gasteiger partial charge >= 0.3 is 0 Å². The molecule has 0 aromatic rings. The van der Waals surface area contributed by atoms with Gasteiger partial charge in [-0.2, -0.15) is 0 Å². The molecule has 10 heavy (non-hydrogen) atoms. The van der Waals surface area contributed by atoms with Crippen molar-refractivity contribution in [2.75, 3.05) is 20.6 Å².